The number of rotatable bonds is 39. The molecule has 0 aromatic carbocycles. The van der Waals surface area contributed by atoms with Gasteiger partial charge in [-0.05, 0) is 19.6 Å². The highest BCUT2D eigenvalue weighted by molar-refractivity contribution is 6.69. The second-order valence-corrected chi connectivity index (χ2v) is 14.9. The van der Waals surface area contributed by atoms with Crippen molar-refractivity contribution in [1.82, 2.24) is 0 Å². The van der Waals surface area contributed by atoms with Gasteiger partial charge in [-0.2, -0.15) is 0 Å². The Balaban J connectivity index is 3.05. The van der Waals surface area contributed by atoms with Crippen molar-refractivity contribution in [3.8, 4) is 0 Å². The van der Waals surface area contributed by atoms with E-state index in [0.717, 1.165) is 0 Å². The molecule has 0 spiro atoms. The van der Waals surface area contributed by atoms with E-state index < -0.39 is 8.32 Å². The minimum Gasteiger partial charge on any atom is -0.415 e. The molecule has 0 rings (SSSR count). The predicted molar refractivity (Wildman–Crippen MR) is 170 cm³/mol. The lowest BCUT2D eigenvalue weighted by Crippen LogP contribution is -2.27. The van der Waals surface area contributed by atoms with Crippen LogP contribution in [0.2, 0.25) is 19.6 Å². The average Bonchev–Trinajstić information content (AvgIpc) is 3.00. The Morgan fingerprint density at radius 3 is 0.591 bits per heavy atom. The summed E-state index contributed by atoms with van der Waals surface area (Å²) >= 11 is 5.51. The van der Waals surface area contributed by atoms with Gasteiger partial charge in [-0.15, -0.1) is 11.6 Å². The number of hydrogen-bond acceptors (Lipinski definition) is 13. The second kappa shape index (κ2) is 37.4. The van der Waals surface area contributed by atoms with E-state index in [-0.39, 0.29) is 0 Å². The molecule has 0 N–H and O–H groups in total. The highest BCUT2D eigenvalue weighted by atomic mass is 35.5. The van der Waals surface area contributed by atoms with Gasteiger partial charge in [0, 0.05) is 5.88 Å². The first-order valence-corrected chi connectivity index (χ1v) is 19.6. The maximum atomic E-state index is 5.71. The van der Waals surface area contributed by atoms with Crippen molar-refractivity contribution >= 4 is 19.9 Å². The molecule has 0 fully saturated rings. The van der Waals surface area contributed by atoms with E-state index >= 15 is 0 Å². The minimum atomic E-state index is -1.45. The van der Waals surface area contributed by atoms with Crippen molar-refractivity contribution in [2.45, 2.75) is 19.6 Å². The molecule has 0 aliphatic carbocycles. The fraction of sp³-hybridized carbons (Fsp3) is 1.00. The summed E-state index contributed by atoms with van der Waals surface area (Å²) in [5, 5.41) is 0. The van der Waals surface area contributed by atoms with Crippen LogP contribution in [0.15, 0.2) is 0 Å². The lowest BCUT2D eigenvalue weighted by atomic mass is 10.6. The monoisotopic (exact) mass is 680 g/mol. The Hall–Kier alpha value is -0.0131. The van der Waals surface area contributed by atoms with E-state index in [1.807, 2.05) is 0 Å². The van der Waals surface area contributed by atoms with Crippen molar-refractivity contribution in [2.75, 3.05) is 171 Å². The third-order valence-corrected chi connectivity index (χ3v) is 6.30. The van der Waals surface area contributed by atoms with Gasteiger partial charge in [-0.25, -0.2) is 0 Å². The Kier molecular flexibility index (Phi) is 37.4. The fourth-order valence-electron chi connectivity index (χ4n) is 2.98. The van der Waals surface area contributed by atoms with Gasteiger partial charge in [-0.3, -0.25) is 0 Å². The third kappa shape index (κ3) is 42.0. The van der Waals surface area contributed by atoms with Gasteiger partial charge in [0.15, 0.2) is 8.32 Å². The molecule has 0 saturated carbocycles. The van der Waals surface area contributed by atoms with E-state index in [2.05, 4.69) is 19.6 Å². The molecular weight excluding hydrogens is 620 g/mol. The van der Waals surface area contributed by atoms with Crippen molar-refractivity contribution in [2.24, 2.45) is 0 Å². The smallest absolute Gasteiger partial charge is 0.183 e. The maximum Gasteiger partial charge on any atom is 0.183 e. The summed E-state index contributed by atoms with van der Waals surface area (Å²) in [6, 6.07) is 0. The fourth-order valence-corrected chi connectivity index (χ4v) is 3.79. The van der Waals surface area contributed by atoms with E-state index in [4.69, 9.17) is 72.9 Å². The van der Waals surface area contributed by atoms with Crippen LogP contribution in [0.3, 0.4) is 0 Å². The molecule has 0 heterocycles. The summed E-state index contributed by atoms with van der Waals surface area (Å²) in [6.45, 7) is 19.8. The van der Waals surface area contributed by atoms with Crippen molar-refractivity contribution < 1.29 is 61.3 Å². The molecule has 0 aromatic rings. The number of ether oxygens (including phenoxy) is 12. The molecule has 0 aliphatic heterocycles. The summed E-state index contributed by atoms with van der Waals surface area (Å²) in [6.07, 6.45) is 0. The number of alkyl halides is 1. The molecule has 0 saturated heterocycles. The van der Waals surface area contributed by atoms with Crippen molar-refractivity contribution in [3.05, 3.63) is 0 Å². The maximum absolute atomic E-state index is 5.71. The highest BCUT2D eigenvalue weighted by Crippen LogP contribution is 2.01. The zero-order chi connectivity index (χ0) is 32.1. The van der Waals surface area contributed by atoms with Crippen LogP contribution in [-0.2, 0) is 61.3 Å². The molecule has 0 unspecified atom stereocenters. The Labute approximate surface area is 271 Å². The minimum absolute atomic E-state index is 0.498. The van der Waals surface area contributed by atoms with Gasteiger partial charge >= 0.3 is 0 Å². The largest absolute Gasteiger partial charge is 0.415 e. The summed E-state index contributed by atoms with van der Waals surface area (Å²) in [7, 11) is -1.45. The van der Waals surface area contributed by atoms with Gasteiger partial charge in [0.2, 0.25) is 0 Å². The topological polar surface area (TPSA) is 120 Å². The second-order valence-electron chi connectivity index (χ2n) is 10.00. The average molecular weight is 681 g/mol. The van der Waals surface area contributed by atoms with E-state index in [9.17, 15) is 0 Å². The van der Waals surface area contributed by atoms with Crippen LogP contribution in [0.4, 0.5) is 0 Å². The van der Waals surface area contributed by atoms with E-state index in [1.54, 1.807) is 0 Å². The Morgan fingerprint density at radius 2 is 0.432 bits per heavy atom. The molecule has 0 aromatic heterocycles. The van der Waals surface area contributed by atoms with Crippen LogP contribution in [0, 0.1) is 0 Å². The highest BCUT2D eigenvalue weighted by Gasteiger charge is 2.13. The summed E-state index contributed by atoms with van der Waals surface area (Å²) < 4.78 is 70.9. The first kappa shape index (κ1) is 44.0. The van der Waals surface area contributed by atoms with Crippen LogP contribution in [0.25, 0.3) is 0 Å². The lowest BCUT2D eigenvalue weighted by Gasteiger charge is -2.16. The van der Waals surface area contributed by atoms with Gasteiger partial charge < -0.3 is 61.3 Å². The van der Waals surface area contributed by atoms with Gasteiger partial charge in [0.1, 0.15) is 0 Å². The third-order valence-electron chi connectivity index (χ3n) is 5.08. The predicted octanol–water partition coefficient (Wildman–Crippen LogP) is 2.28. The van der Waals surface area contributed by atoms with Gasteiger partial charge in [-0.1, -0.05) is 0 Å². The standard InChI is InChI=1S/C29H61ClO13Si/c1-44(2,3)43-29-28-42-27-26-41-25-24-40-23-22-39-21-20-38-19-18-37-17-16-36-15-14-35-13-12-34-11-10-33-9-8-32-7-6-31-5-4-30/h4-29H2,1-3H3. The molecular formula is C29H61ClO13Si. The molecule has 44 heavy (non-hydrogen) atoms. The van der Waals surface area contributed by atoms with E-state index in [1.165, 1.54) is 0 Å². The molecule has 15 heteroatoms. The normalized spacial score (nSPS) is 12.0. The lowest BCUT2D eigenvalue weighted by molar-refractivity contribution is -0.0284. The molecule has 0 amide bonds. The van der Waals surface area contributed by atoms with Crippen LogP contribution in [0.1, 0.15) is 0 Å². The SMILES string of the molecule is C[Si](C)(C)OCCOCCOCCOCCOCCOCCOCCOCCOCCOCCOCCOCCOCCCl. The molecule has 0 radical (unpaired) electrons. The van der Waals surface area contributed by atoms with Crippen LogP contribution in [0.5, 0.6) is 0 Å². The zero-order valence-electron chi connectivity index (χ0n) is 27.6. The summed E-state index contributed by atoms with van der Waals surface area (Å²) in [4.78, 5) is 0. The molecule has 0 aliphatic rings. The van der Waals surface area contributed by atoms with Crippen LogP contribution < -0.4 is 0 Å². The Bertz CT molecular complexity index is 536. The molecule has 0 atom stereocenters. The quantitative estimate of drug-likeness (QED) is 0.0537. The first-order chi connectivity index (χ1) is 21.6. The Morgan fingerprint density at radius 1 is 0.273 bits per heavy atom. The van der Waals surface area contributed by atoms with Crippen molar-refractivity contribution in [3.63, 3.8) is 0 Å². The summed E-state index contributed by atoms with van der Waals surface area (Å²) in [5.74, 6) is 0.498. The summed E-state index contributed by atoms with van der Waals surface area (Å²) in [5.41, 5.74) is 0. The number of hydrogen-bond donors (Lipinski definition) is 0. The van der Waals surface area contributed by atoms with E-state index in [0.29, 0.717) is 171 Å². The van der Waals surface area contributed by atoms with Gasteiger partial charge in [0.05, 0.1) is 165 Å². The van der Waals surface area contributed by atoms with Gasteiger partial charge in [0.25, 0.3) is 0 Å². The molecule has 266 valence electrons. The van der Waals surface area contributed by atoms with Crippen molar-refractivity contribution in [1.29, 1.82) is 0 Å². The zero-order valence-corrected chi connectivity index (χ0v) is 29.3. The number of halogens is 1. The molecule has 13 nitrogen and oxygen atoms in total. The van der Waals surface area contributed by atoms with Crippen LogP contribution in [-0.4, -0.2) is 179 Å². The first-order valence-electron chi connectivity index (χ1n) is 15.7. The molecule has 0 bridgehead atoms. The van der Waals surface area contributed by atoms with Crippen LogP contribution >= 0.6 is 11.6 Å².